The van der Waals surface area contributed by atoms with Crippen molar-refractivity contribution >= 4 is 29.3 Å². The quantitative estimate of drug-likeness (QED) is 0.459. The number of thiophene rings is 1. The van der Waals surface area contributed by atoms with Crippen LogP contribution in [0.4, 0.5) is 10.5 Å². The summed E-state index contributed by atoms with van der Waals surface area (Å²) in [4.78, 5) is 12.7. The second-order valence-electron chi connectivity index (χ2n) is 4.57. The van der Waals surface area contributed by atoms with Crippen molar-refractivity contribution in [3.8, 4) is 5.75 Å². The van der Waals surface area contributed by atoms with Crippen LogP contribution in [0.1, 0.15) is 24.6 Å². The van der Waals surface area contributed by atoms with E-state index in [1.165, 1.54) is 0 Å². The number of rotatable bonds is 7. The molecule has 0 saturated heterocycles. The van der Waals surface area contributed by atoms with Crippen LogP contribution in [0.5, 0.6) is 5.75 Å². The average Bonchev–Trinajstić information content (AvgIpc) is 3.03. The Bertz CT molecular complexity index is 594. The molecule has 1 aromatic heterocycles. The van der Waals surface area contributed by atoms with Crippen LogP contribution >= 0.6 is 11.3 Å². The van der Waals surface area contributed by atoms with E-state index in [-0.39, 0.29) is 6.03 Å². The number of ether oxygens (including phenoxy) is 1. The minimum atomic E-state index is -0.382. The summed E-state index contributed by atoms with van der Waals surface area (Å²) >= 11 is 1.55. The summed E-state index contributed by atoms with van der Waals surface area (Å²) < 4.78 is 5.56. The molecule has 0 spiro atoms. The Labute approximate surface area is 134 Å². The lowest BCUT2D eigenvalue weighted by Gasteiger charge is -2.07. The summed E-state index contributed by atoms with van der Waals surface area (Å²) in [5.74, 6) is 0.801. The molecule has 0 aliphatic carbocycles. The predicted molar refractivity (Wildman–Crippen MR) is 90.9 cm³/mol. The van der Waals surface area contributed by atoms with Gasteiger partial charge in [0.25, 0.3) is 0 Å². The Hall–Kier alpha value is -2.34. The molecule has 2 N–H and O–H groups in total. The summed E-state index contributed by atoms with van der Waals surface area (Å²) in [5, 5.41) is 8.53. The van der Waals surface area contributed by atoms with Crippen molar-refractivity contribution in [1.82, 2.24) is 5.43 Å². The monoisotopic (exact) mass is 317 g/mol. The number of carbonyl (C=O) groups is 1. The van der Waals surface area contributed by atoms with Crippen molar-refractivity contribution in [3.05, 3.63) is 46.7 Å². The van der Waals surface area contributed by atoms with Gasteiger partial charge in [0.15, 0.2) is 0 Å². The molecule has 0 aliphatic rings. The number of amides is 2. The molecule has 22 heavy (non-hydrogen) atoms. The number of hydrogen-bond donors (Lipinski definition) is 2. The molecule has 0 fully saturated rings. The Morgan fingerprint density at radius 1 is 1.32 bits per heavy atom. The Morgan fingerprint density at radius 3 is 2.82 bits per heavy atom. The molecule has 5 nitrogen and oxygen atoms in total. The Balaban J connectivity index is 1.76. The van der Waals surface area contributed by atoms with Crippen LogP contribution in [0.2, 0.25) is 0 Å². The lowest BCUT2D eigenvalue weighted by molar-refractivity contribution is 0.252. The predicted octanol–water partition coefficient (Wildman–Crippen LogP) is 4.08. The number of urea groups is 1. The van der Waals surface area contributed by atoms with Crippen LogP contribution in [0, 0.1) is 0 Å². The third-order valence-electron chi connectivity index (χ3n) is 2.78. The molecule has 0 unspecified atom stereocenters. The lowest BCUT2D eigenvalue weighted by atomic mass is 10.3. The first kappa shape index (κ1) is 16.0. The number of nitrogens with one attached hydrogen (secondary N) is 2. The maximum atomic E-state index is 11.7. The topological polar surface area (TPSA) is 62.7 Å². The number of benzene rings is 1. The maximum Gasteiger partial charge on any atom is 0.339 e. The Morgan fingerprint density at radius 2 is 2.14 bits per heavy atom. The third-order valence-corrected chi connectivity index (χ3v) is 3.59. The molecule has 2 amide bonds. The minimum Gasteiger partial charge on any atom is -0.494 e. The van der Waals surface area contributed by atoms with Gasteiger partial charge in [-0.15, -0.1) is 11.3 Å². The molecule has 1 aromatic carbocycles. The first-order valence-corrected chi connectivity index (χ1v) is 8.02. The molecule has 1 heterocycles. The van der Waals surface area contributed by atoms with Gasteiger partial charge in [-0.1, -0.05) is 19.4 Å². The van der Waals surface area contributed by atoms with Gasteiger partial charge in [-0.2, -0.15) is 5.10 Å². The van der Waals surface area contributed by atoms with E-state index in [1.807, 2.05) is 29.6 Å². The summed E-state index contributed by atoms with van der Waals surface area (Å²) in [6.45, 7) is 2.83. The van der Waals surface area contributed by atoms with Crippen LogP contribution in [-0.4, -0.2) is 18.9 Å². The van der Waals surface area contributed by atoms with Crippen LogP contribution in [0.3, 0.4) is 0 Å². The van der Waals surface area contributed by atoms with Gasteiger partial charge in [0, 0.05) is 10.6 Å². The highest BCUT2D eigenvalue weighted by Gasteiger charge is 2.00. The molecule has 2 rings (SSSR count). The van der Waals surface area contributed by atoms with Gasteiger partial charge in [0.1, 0.15) is 5.75 Å². The van der Waals surface area contributed by atoms with Crippen molar-refractivity contribution in [3.63, 3.8) is 0 Å². The summed E-state index contributed by atoms with van der Waals surface area (Å²) in [5.41, 5.74) is 3.11. The highest BCUT2D eigenvalue weighted by atomic mass is 32.1. The summed E-state index contributed by atoms with van der Waals surface area (Å²) in [7, 11) is 0. The van der Waals surface area contributed by atoms with Gasteiger partial charge in [-0.05, 0) is 42.1 Å². The van der Waals surface area contributed by atoms with Crippen LogP contribution < -0.4 is 15.5 Å². The smallest absolute Gasteiger partial charge is 0.339 e. The van der Waals surface area contributed by atoms with E-state index < -0.39 is 0 Å². The van der Waals surface area contributed by atoms with Crippen molar-refractivity contribution in [2.45, 2.75) is 19.8 Å². The van der Waals surface area contributed by atoms with Crippen molar-refractivity contribution in [2.75, 3.05) is 11.9 Å². The maximum absolute atomic E-state index is 11.7. The summed E-state index contributed by atoms with van der Waals surface area (Å²) in [6.07, 6.45) is 3.74. The zero-order chi connectivity index (χ0) is 15.6. The van der Waals surface area contributed by atoms with E-state index in [0.29, 0.717) is 12.3 Å². The fourth-order valence-electron chi connectivity index (χ4n) is 1.65. The molecular weight excluding hydrogens is 298 g/mol. The lowest BCUT2D eigenvalue weighted by Crippen LogP contribution is -2.24. The van der Waals surface area contributed by atoms with Gasteiger partial charge in [0.2, 0.25) is 0 Å². The number of unbranched alkanes of at least 4 members (excludes halogenated alkanes) is 1. The van der Waals surface area contributed by atoms with E-state index in [2.05, 4.69) is 22.8 Å². The highest BCUT2D eigenvalue weighted by molar-refractivity contribution is 7.11. The summed E-state index contributed by atoms with van der Waals surface area (Å²) in [6, 6.07) is 10.7. The number of nitrogens with zero attached hydrogens (tertiary/aromatic N) is 1. The third kappa shape index (κ3) is 5.57. The van der Waals surface area contributed by atoms with Crippen molar-refractivity contribution in [1.29, 1.82) is 0 Å². The number of hydrogen-bond acceptors (Lipinski definition) is 4. The van der Waals surface area contributed by atoms with Gasteiger partial charge >= 0.3 is 6.03 Å². The van der Waals surface area contributed by atoms with Crippen LogP contribution in [0.15, 0.2) is 46.9 Å². The number of carbonyl (C=O) groups excluding carboxylic acids is 1. The molecule has 0 atom stereocenters. The molecular formula is C16H19N3O2S. The van der Waals surface area contributed by atoms with Gasteiger partial charge < -0.3 is 10.1 Å². The fourth-order valence-corrected chi connectivity index (χ4v) is 2.23. The van der Waals surface area contributed by atoms with E-state index in [1.54, 1.807) is 29.7 Å². The molecule has 0 aliphatic heterocycles. The second-order valence-corrected chi connectivity index (χ2v) is 5.55. The first-order valence-electron chi connectivity index (χ1n) is 7.14. The molecule has 0 radical (unpaired) electrons. The van der Waals surface area contributed by atoms with E-state index in [9.17, 15) is 4.79 Å². The Kier molecular flexibility index (Phi) is 6.44. The van der Waals surface area contributed by atoms with E-state index in [4.69, 9.17) is 4.74 Å². The SMILES string of the molecule is CCCCOc1ccc(NC(=O)N/N=C\c2cccs2)cc1. The fraction of sp³-hybridized carbons (Fsp3) is 0.250. The normalized spacial score (nSPS) is 10.6. The van der Waals surface area contributed by atoms with Gasteiger partial charge in [-0.3, -0.25) is 0 Å². The highest BCUT2D eigenvalue weighted by Crippen LogP contribution is 2.15. The van der Waals surface area contributed by atoms with Gasteiger partial charge in [0.05, 0.1) is 12.8 Å². The standard InChI is InChI=1S/C16H19N3O2S/c1-2-3-10-21-14-8-6-13(7-9-14)18-16(20)19-17-12-15-5-4-11-22-15/h4-9,11-12H,2-3,10H2,1H3,(H2,18,19,20)/b17-12-. The van der Waals surface area contributed by atoms with Crippen molar-refractivity contribution < 1.29 is 9.53 Å². The van der Waals surface area contributed by atoms with E-state index >= 15 is 0 Å². The zero-order valence-corrected chi connectivity index (χ0v) is 13.2. The zero-order valence-electron chi connectivity index (χ0n) is 12.4. The second kappa shape index (κ2) is 8.84. The number of hydrazone groups is 1. The van der Waals surface area contributed by atoms with Crippen LogP contribution in [0.25, 0.3) is 0 Å². The minimum absolute atomic E-state index is 0.382. The average molecular weight is 317 g/mol. The number of anilines is 1. The molecule has 116 valence electrons. The van der Waals surface area contributed by atoms with Gasteiger partial charge in [-0.25, -0.2) is 10.2 Å². The van der Waals surface area contributed by atoms with E-state index in [0.717, 1.165) is 23.5 Å². The molecule has 6 heteroatoms. The molecule has 0 bridgehead atoms. The molecule has 0 saturated carbocycles. The molecule has 2 aromatic rings. The first-order chi connectivity index (χ1) is 10.8. The largest absolute Gasteiger partial charge is 0.494 e. The van der Waals surface area contributed by atoms with Crippen LogP contribution in [-0.2, 0) is 0 Å². The van der Waals surface area contributed by atoms with Crippen molar-refractivity contribution in [2.24, 2.45) is 5.10 Å².